The van der Waals surface area contributed by atoms with Gasteiger partial charge < -0.3 is 10.8 Å². The molecular formula is C10H13F2NO. The quantitative estimate of drug-likeness (QED) is 0.780. The Kier molecular flexibility index (Phi) is 3.55. The average Bonchev–Trinajstić information content (AvgIpc) is 2.20. The molecule has 0 spiro atoms. The van der Waals surface area contributed by atoms with Gasteiger partial charge in [-0.05, 0) is 30.2 Å². The number of aliphatic hydroxyl groups is 1. The maximum Gasteiger partial charge on any atom is 0.159 e. The lowest BCUT2D eigenvalue weighted by Crippen LogP contribution is -2.19. The van der Waals surface area contributed by atoms with Crippen LogP contribution in [0.1, 0.15) is 18.6 Å². The van der Waals surface area contributed by atoms with Gasteiger partial charge in [-0.1, -0.05) is 13.0 Å². The molecule has 0 aliphatic rings. The Morgan fingerprint density at radius 1 is 1.36 bits per heavy atom. The van der Waals surface area contributed by atoms with E-state index in [1.807, 2.05) is 0 Å². The van der Waals surface area contributed by atoms with E-state index in [1.54, 1.807) is 6.92 Å². The summed E-state index contributed by atoms with van der Waals surface area (Å²) in [5.41, 5.74) is 5.70. The molecule has 1 aromatic carbocycles. The number of benzene rings is 1. The van der Waals surface area contributed by atoms with Crippen LogP contribution in [0.25, 0.3) is 0 Å². The number of hydrogen-bond acceptors (Lipinski definition) is 2. The van der Waals surface area contributed by atoms with Crippen molar-refractivity contribution >= 4 is 0 Å². The Morgan fingerprint density at radius 3 is 2.50 bits per heavy atom. The van der Waals surface area contributed by atoms with Crippen LogP contribution in [0.3, 0.4) is 0 Å². The summed E-state index contributed by atoms with van der Waals surface area (Å²) in [7, 11) is 0. The predicted octanol–water partition coefficient (Wildman–Crippen LogP) is 1.59. The van der Waals surface area contributed by atoms with Gasteiger partial charge >= 0.3 is 0 Å². The summed E-state index contributed by atoms with van der Waals surface area (Å²) < 4.78 is 25.4. The fraction of sp³-hybridized carbons (Fsp3) is 0.400. The first kappa shape index (κ1) is 11.1. The molecule has 2 atom stereocenters. The highest BCUT2D eigenvalue weighted by atomic mass is 19.2. The van der Waals surface area contributed by atoms with Crippen molar-refractivity contribution in [3.05, 3.63) is 35.4 Å². The van der Waals surface area contributed by atoms with E-state index >= 15 is 0 Å². The summed E-state index contributed by atoms with van der Waals surface area (Å²) >= 11 is 0. The molecule has 4 heteroatoms. The second kappa shape index (κ2) is 4.48. The van der Waals surface area contributed by atoms with Gasteiger partial charge in [-0.3, -0.25) is 0 Å². The summed E-state index contributed by atoms with van der Waals surface area (Å²) in [5.74, 6) is -2.05. The molecular weight excluding hydrogens is 188 g/mol. The fourth-order valence-electron chi connectivity index (χ4n) is 1.15. The molecule has 78 valence electrons. The van der Waals surface area contributed by atoms with E-state index in [4.69, 9.17) is 5.73 Å². The smallest absolute Gasteiger partial charge is 0.159 e. The third kappa shape index (κ3) is 2.27. The zero-order valence-electron chi connectivity index (χ0n) is 7.87. The zero-order valence-corrected chi connectivity index (χ0v) is 7.87. The minimum absolute atomic E-state index is 0.181. The second-order valence-electron chi connectivity index (χ2n) is 3.33. The summed E-state index contributed by atoms with van der Waals surface area (Å²) in [4.78, 5) is 0. The highest BCUT2D eigenvalue weighted by Crippen LogP contribution is 2.22. The Hall–Kier alpha value is -1.00. The van der Waals surface area contributed by atoms with Crippen molar-refractivity contribution in [1.29, 1.82) is 0 Å². The van der Waals surface area contributed by atoms with Gasteiger partial charge in [-0.15, -0.1) is 0 Å². The second-order valence-corrected chi connectivity index (χ2v) is 3.33. The molecule has 0 bridgehead atoms. The van der Waals surface area contributed by atoms with Gasteiger partial charge in [-0.2, -0.15) is 0 Å². The molecule has 1 aromatic rings. The molecule has 0 fully saturated rings. The first-order valence-corrected chi connectivity index (χ1v) is 4.39. The Morgan fingerprint density at radius 2 is 2.00 bits per heavy atom. The van der Waals surface area contributed by atoms with Crippen LogP contribution in [0.2, 0.25) is 0 Å². The molecule has 2 unspecified atom stereocenters. The molecule has 0 saturated heterocycles. The van der Waals surface area contributed by atoms with Crippen LogP contribution in [0, 0.1) is 17.6 Å². The highest BCUT2D eigenvalue weighted by molar-refractivity contribution is 5.20. The number of nitrogens with two attached hydrogens (primary N) is 1. The standard InChI is InChI=1S/C10H13F2NO/c1-6(5-13)10(14)7-2-3-8(11)9(12)4-7/h2-4,6,10,14H,5,13H2,1H3. The van der Waals surface area contributed by atoms with Gasteiger partial charge in [0, 0.05) is 0 Å². The first-order chi connectivity index (χ1) is 6.56. The SMILES string of the molecule is CC(CN)C(O)c1ccc(F)c(F)c1. The third-order valence-electron chi connectivity index (χ3n) is 2.20. The van der Waals surface area contributed by atoms with Crippen LogP contribution >= 0.6 is 0 Å². The van der Waals surface area contributed by atoms with E-state index in [-0.39, 0.29) is 5.92 Å². The van der Waals surface area contributed by atoms with E-state index < -0.39 is 17.7 Å². The van der Waals surface area contributed by atoms with E-state index in [9.17, 15) is 13.9 Å². The summed E-state index contributed by atoms with van der Waals surface area (Å²) in [5, 5.41) is 9.64. The van der Waals surface area contributed by atoms with Gasteiger partial charge in [0.2, 0.25) is 0 Å². The van der Waals surface area contributed by atoms with Gasteiger partial charge in [0.15, 0.2) is 11.6 Å². The monoisotopic (exact) mass is 201 g/mol. The van der Waals surface area contributed by atoms with Crippen molar-refractivity contribution in [2.45, 2.75) is 13.0 Å². The Balaban J connectivity index is 2.91. The summed E-state index contributed by atoms with van der Waals surface area (Å²) in [6, 6.07) is 3.35. The average molecular weight is 201 g/mol. The van der Waals surface area contributed by atoms with Crippen molar-refractivity contribution < 1.29 is 13.9 Å². The molecule has 1 rings (SSSR count). The van der Waals surface area contributed by atoms with Crippen LogP contribution < -0.4 is 5.73 Å². The van der Waals surface area contributed by atoms with E-state index in [0.29, 0.717) is 12.1 Å². The molecule has 0 aliphatic carbocycles. The molecule has 0 saturated carbocycles. The van der Waals surface area contributed by atoms with E-state index in [1.165, 1.54) is 6.07 Å². The zero-order chi connectivity index (χ0) is 10.7. The molecule has 0 aromatic heterocycles. The fourth-order valence-corrected chi connectivity index (χ4v) is 1.15. The molecule has 0 amide bonds. The minimum atomic E-state index is -0.953. The number of halogens is 2. The largest absolute Gasteiger partial charge is 0.388 e. The van der Waals surface area contributed by atoms with Crippen molar-refractivity contribution in [3.63, 3.8) is 0 Å². The Labute approximate surface area is 81.4 Å². The number of aliphatic hydroxyl groups excluding tert-OH is 1. The van der Waals surface area contributed by atoms with E-state index in [0.717, 1.165) is 12.1 Å². The molecule has 0 aliphatic heterocycles. The van der Waals surface area contributed by atoms with Crippen molar-refractivity contribution in [2.24, 2.45) is 11.7 Å². The maximum atomic E-state index is 12.8. The predicted molar refractivity (Wildman–Crippen MR) is 49.5 cm³/mol. The van der Waals surface area contributed by atoms with Crippen molar-refractivity contribution in [2.75, 3.05) is 6.54 Å². The molecule has 2 nitrogen and oxygen atoms in total. The maximum absolute atomic E-state index is 12.8. The third-order valence-corrected chi connectivity index (χ3v) is 2.20. The summed E-state index contributed by atoms with van der Waals surface area (Å²) in [6.45, 7) is 2.03. The van der Waals surface area contributed by atoms with E-state index in [2.05, 4.69) is 0 Å². The van der Waals surface area contributed by atoms with Crippen molar-refractivity contribution in [3.8, 4) is 0 Å². The van der Waals surface area contributed by atoms with Crippen molar-refractivity contribution in [1.82, 2.24) is 0 Å². The van der Waals surface area contributed by atoms with Crippen LogP contribution in [-0.2, 0) is 0 Å². The molecule has 14 heavy (non-hydrogen) atoms. The highest BCUT2D eigenvalue weighted by Gasteiger charge is 2.16. The van der Waals surface area contributed by atoms with Crippen LogP contribution in [0.4, 0.5) is 8.78 Å². The number of rotatable bonds is 3. The molecule has 0 heterocycles. The normalized spacial score (nSPS) is 15.2. The lowest BCUT2D eigenvalue weighted by Gasteiger charge is -2.17. The number of hydrogen-bond donors (Lipinski definition) is 2. The van der Waals surface area contributed by atoms with Crippen LogP contribution in [0.5, 0.6) is 0 Å². The topological polar surface area (TPSA) is 46.2 Å². The Bertz CT molecular complexity index is 317. The molecule has 3 N–H and O–H groups in total. The lowest BCUT2D eigenvalue weighted by molar-refractivity contribution is 0.121. The first-order valence-electron chi connectivity index (χ1n) is 4.39. The van der Waals surface area contributed by atoms with Crippen LogP contribution in [0.15, 0.2) is 18.2 Å². The minimum Gasteiger partial charge on any atom is -0.388 e. The summed E-state index contributed by atoms with van der Waals surface area (Å²) in [6.07, 6.45) is -0.852. The van der Waals surface area contributed by atoms with Gasteiger partial charge in [0.25, 0.3) is 0 Å². The molecule has 0 radical (unpaired) electrons. The van der Waals surface area contributed by atoms with Gasteiger partial charge in [0.1, 0.15) is 0 Å². The van der Waals surface area contributed by atoms with Crippen LogP contribution in [-0.4, -0.2) is 11.7 Å². The van der Waals surface area contributed by atoms with Gasteiger partial charge in [-0.25, -0.2) is 8.78 Å². The lowest BCUT2D eigenvalue weighted by atomic mass is 9.97. The van der Waals surface area contributed by atoms with Gasteiger partial charge in [0.05, 0.1) is 6.10 Å².